The highest BCUT2D eigenvalue weighted by atomic mass is 32.2. The summed E-state index contributed by atoms with van der Waals surface area (Å²) in [6.45, 7) is 8.44. The maximum absolute atomic E-state index is 13.3. The third-order valence-electron chi connectivity index (χ3n) is 7.80. The summed E-state index contributed by atoms with van der Waals surface area (Å²) in [6, 6.07) is 15.3. The Labute approximate surface area is 220 Å². The Morgan fingerprint density at radius 3 is 2.22 bits per heavy atom. The van der Waals surface area contributed by atoms with Gasteiger partial charge in [-0.1, -0.05) is 44.5 Å². The Balaban J connectivity index is 1.30. The van der Waals surface area contributed by atoms with E-state index in [4.69, 9.17) is 14.7 Å². The van der Waals surface area contributed by atoms with E-state index in [0.717, 1.165) is 35.1 Å². The summed E-state index contributed by atoms with van der Waals surface area (Å²) in [5, 5.41) is 0.948. The molecule has 2 aromatic carbocycles. The lowest BCUT2D eigenvalue weighted by Gasteiger charge is -2.37. The van der Waals surface area contributed by atoms with Gasteiger partial charge in [0, 0.05) is 26.2 Å². The molecule has 2 fully saturated rings. The van der Waals surface area contributed by atoms with E-state index in [1.807, 2.05) is 36.4 Å². The van der Waals surface area contributed by atoms with Crippen molar-refractivity contribution in [3.8, 4) is 5.88 Å². The zero-order valence-electron chi connectivity index (χ0n) is 22.1. The lowest BCUT2D eigenvalue weighted by molar-refractivity contribution is 0.135. The van der Waals surface area contributed by atoms with Crippen LogP contribution in [0.4, 0.5) is 0 Å². The van der Waals surface area contributed by atoms with Gasteiger partial charge in [-0.05, 0) is 68.4 Å². The number of para-hydroxylation sites is 1. The first kappa shape index (κ1) is 26.1. The zero-order chi connectivity index (χ0) is 26.0. The number of aromatic nitrogens is 2. The summed E-state index contributed by atoms with van der Waals surface area (Å²) in [7, 11) is -3.51. The van der Waals surface area contributed by atoms with Crippen molar-refractivity contribution in [3.05, 3.63) is 59.9 Å². The largest absolute Gasteiger partial charge is 0.474 e. The topological polar surface area (TPSA) is 75.6 Å². The van der Waals surface area contributed by atoms with Crippen LogP contribution in [0.5, 0.6) is 5.88 Å². The molecule has 0 spiro atoms. The van der Waals surface area contributed by atoms with Gasteiger partial charge in [-0.25, -0.2) is 13.4 Å². The van der Waals surface area contributed by atoms with Crippen molar-refractivity contribution in [2.45, 2.75) is 75.8 Å². The molecule has 0 bridgehead atoms. The van der Waals surface area contributed by atoms with Crippen LogP contribution in [0.3, 0.4) is 0 Å². The van der Waals surface area contributed by atoms with Gasteiger partial charge in [-0.2, -0.15) is 9.29 Å². The molecule has 3 aromatic rings. The van der Waals surface area contributed by atoms with E-state index in [-0.39, 0.29) is 12.1 Å². The van der Waals surface area contributed by atoms with Gasteiger partial charge in [0.2, 0.25) is 15.9 Å². The molecule has 5 rings (SSSR count). The van der Waals surface area contributed by atoms with Crippen LogP contribution in [0.25, 0.3) is 10.9 Å². The summed E-state index contributed by atoms with van der Waals surface area (Å²) in [5.41, 5.74) is 2.02. The van der Waals surface area contributed by atoms with Crippen molar-refractivity contribution in [1.82, 2.24) is 19.2 Å². The summed E-state index contributed by atoms with van der Waals surface area (Å²) >= 11 is 0. The van der Waals surface area contributed by atoms with E-state index < -0.39 is 10.0 Å². The highest BCUT2D eigenvalue weighted by Gasteiger charge is 2.31. The fraction of sp³-hybridized carbons (Fsp3) is 0.517. The molecule has 1 aliphatic heterocycles. The van der Waals surface area contributed by atoms with E-state index in [1.165, 1.54) is 19.3 Å². The SMILES string of the molecule is CC(C)c1ccc(S(=O)(=O)N2CCN([C@@H](C)c3nc(OC4CCCCC4)c4ccccc4n3)CC2)cc1. The normalized spacial score (nSPS) is 19.4. The number of rotatable bonds is 7. The van der Waals surface area contributed by atoms with Gasteiger partial charge >= 0.3 is 0 Å². The molecule has 1 atom stereocenters. The third kappa shape index (κ3) is 5.66. The van der Waals surface area contributed by atoms with Crippen molar-refractivity contribution in [2.75, 3.05) is 26.2 Å². The number of piperazine rings is 1. The van der Waals surface area contributed by atoms with Crippen LogP contribution in [-0.2, 0) is 10.0 Å². The number of nitrogens with zero attached hydrogens (tertiary/aromatic N) is 4. The number of fused-ring (bicyclic) bond motifs is 1. The Hall–Kier alpha value is -2.55. The average molecular weight is 523 g/mol. The fourth-order valence-corrected chi connectivity index (χ4v) is 6.77. The molecule has 0 radical (unpaired) electrons. The van der Waals surface area contributed by atoms with Crippen LogP contribution in [-0.4, -0.2) is 59.9 Å². The van der Waals surface area contributed by atoms with Gasteiger partial charge in [-0.15, -0.1) is 0 Å². The molecule has 37 heavy (non-hydrogen) atoms. The maximum atomic E-state index is 13.3. The van der Waals surface area contributed by atoms with Crippen LogP contribution in [0, 0.1) is 0 Å². The number of hydrogen-bond acceptors (Lipinski definition) is 6. The monoisotopic (exact) mass is 522 g/mol. The molecule has 0 N–H and O–H groups in total. The number of hydrogen-bond donors (Lipinski definition) is 0. The average Bonchev–Trinajstić information content (AvgIpc) is 2.93. The van der Waals surface area contributed by atoms with Gasteiger partial charge in [0.25, 0.3) is 0 Å². The van der Waals surface area contributed by atoms with Crippen molar-refractivity contribution in [1.29, 1.82) is 0 Å². The van der Waals surface area contributed by atoms with Crippen LogP contribution >= 0.6 is 0 Å². The molecule has 2 heterocycles. The highest BCUT2D eigenvalue weighted by Crippen LogP contribution is 2.31. The molecule has 198 valence electrons. The predicted molar refractivity (Wildman–Crippen MR) is 146 cm³/mol. The second-order valence-electron chi connectivity index (χ2n) is 10.6. The van der Waals surface area contributed by atoms with Gasteiger partial charge < -0.3 is 4.74 Å². The molecular weight excluding hydrogens is 484 g/mol. The number of ether oxygens (including phenoxy) is 1. The van der Waals surface area contributed by atoms with E-state index in [0.29, 0.717) is 42.9 Å². The molecule has 1 saturated heterocycles. The molecule has 2 aliphatic rings. The zero-order valence-corrected chi connectivity index (χ0v) is 23.0. The molecule has 1 aromatic heterocycles. The molecule has 1 aliphatic carbocycles. The van der Waals surface area contributed by atoms with Gasteiger partial charge in [-0.3, -0.25) is 4.90 Å². The standard InChI is InChI=1S/C29H38N4O3S/c1-21(2)23-13-15-25(16-14-23)37(34,35)33-19-17-32(18-20-33)22(3)28-30-27-12-8-7-11-26(27)29(31-28)36-24-9-5-4-6-10-24/h7-8,11-16,21-22,24H,4-6,9-10,17-20H2,1-3H3/t22-/m0/s1. The lowest BCUT2D eigenvalue weighted by atomic mass is 9.98. The fourth-order valence-electron chi connectivity index (χ4n) is 5.35. The van der Waals surface area contributed by atoms with Crippen LogP contribution < -0.4 is 4.74 Å². The summed E-state index contributed by atoms with van der Waals surface area (Å²) in [4.78, 5) is 12.4. The first-order valence-electron chi connectivity index (χ1n) is 13.6. The number of benzene rings is 2. The van der Waals surface area contributed by atoms with Gasteiger partial charge in [0.15, 0.2) is 0 Å². The first-order valence-corrected chi connectivity index (χ1v) is 15.0. The van der Waals surface area contributed by atoms with Crippen molar-refractivity contribution in [2.24, 2.45) is 0 Å². The molecule has 0 unspecified atom stereocenters. The van der Waals surface area contributed by atoms with Crippen molar-refractivity contribution in [3.63, 3.8) is 0 Å². The lowest BCUT2D eigenvalue weighted by Crippen LogP contribution is -2.49. The number of sulfonamides is 1. The minimum Gasteiger partial charge on any atom is -0.474 e. The van der Waals surface area contributed by atoms with Crippen molar-refractivity contribution < 1.29 is 13.2 Å². The van der Waals surface area contributed by atoms with Crippen LogP contribution in [0.1, 0.15) is 76.2 Å². The molecular formula is C29H38N4O3S. The first-order chi connectivity index (χ1) is 17.8. The minimum absolute atomic E-state index is 0.0477. The maximum Gasteiger partial charge on any atom is 0.243 e. The Morgan fingerprint density at radius 2 is 1.54 bits per heavy atom. The summed E-state index contributed by atoms with van der Waals surface area (Å²) < 4.78 is 34.5. The molecule has 7 nitrogen and oxygen atoms in total. The molecule has 1 saturated carbocycles. The Kier molecular flexibility index (Phi) is 7.79. The quantitative estimate of drug-likeness (QED) is 0.406. The van der Waals surface area contributed by atoms with Crippen LogP contribution in [0.15, 0.2) is 53.4 Å². The molecule has 0 amide bonds. The third-order valence-corrected chi connectivity index (χ3v) is 9.71. The Bertz CT molecular complexity index is 1310. The smallest absolute Gasteiger partial charge is 0.243 e. The highest BCUT2D eigenvalue weighted by molar-refractivity contribution is 7.89. The van der Waals surface area contributed by atoms with E-state index in [9.17, 15) is 8.42 Å². The van der Waals surface area contributed by atoms with E-state index in [1.54, 1.807) is 16.4 Å². The van der Waals surface area contributed by atoms with Crippen molar-refractivity contribution >= 4 is 20.9 Å². The second kappa shape index (κ2) is 11.1. The second-order valence-corrected chi connectivity index (χ2v) is 12.6. The van der Waals surface area contributed by atoms with Gasteiger partial charge in [0.05, 0.1) is 21.8 Å². The minimum atomic E-state index is -3.51. The molecule has 8 heteroatoms. The van der Waals surface area contributed by atoms with E-state index >= 15 is 0 Å². The van der Waals surface area contributed by atoms with Gasteiger partial charge in [0.1, 0.15) is 11.9 Å². The Morgan fingerprint density at radius 1 is 0.865 bits per heavy atom. The summed E-state index contributed by atoms with van der Waals surface area (Å²) in [6.07, 6.45) is 6.02. The predicted octanol–water partition coefficient (Wildman–Crippen LogP) is 5.53. The van der Waals surface area contributed by atoms with E-state index in [2.05, 4.69) is 25.7 Å². The van der Waals surface area contributed by atoms with Crippen LogP contribution in [0.2, 0.25) is 0 Å². The summed E-state index contributed by atoms with van der Waals surface area (Å²) in [5.74, 6) is 1.77.